The minimum Gasteiger partial charge on any atom is -0.378 e. The number of nitrogens with zero attached hydrogens (tertiary/aromatic N) is 4. The molecule has 0 spiro atoms. The standard InChI is InChI=1S/C23H22FN5OS/c1-16-21(23(27-15-26-16)29-9-11-30-12-10-29)8-3-18-13-22(17(2)25-14-18)28-31-20-6-4-19(24)5-7-20/h4-7,13-15,28H,9-12H2,1-2H3. The highest BCUT2D eigenvalue weighted by molar-refractivity contribution is 8.00. The lowest BCUT2D eigenvalue weighted by molar-refractivity contribution is 0.122. The van der Waals surface area contributed by atoms with Gasteiger partial charge in [-0.25, -0.2) is 14.4 Å². The van der Waals surface area contributed by atoms with Crippen molar-refractivity contribution < 1.29 is 9.13 Å². The van der Waals surface area contributed by atoms with Crippen molar-refractivity contribution in [2.75, 3.05) is 35.9 Å². The summed E-state index contributed by atoms with van der Waals surface area (Å²) >= 11 is 1.40. The minimum absolute atomic E-state index is 0.254. The second kappa shape index (κ2) is 9.77. The Hall–Kier alpha value is -3.15. The molecular formula is C23H22FN5OS. The fraction of sp³-hybridized carbons (Fsp3) is 0.261. The van der Waals surface area contributed by atoms with E-state index in [0.29, 0.717) is 13.2 Å². The summed E-state index contributed by atoms with van der Waals surface area (Å²) in [7, 11) is 0. The van der Waals surface area contributed by atoms with E-state index < -0.39 is 0 Å². The van der Waals surface area contributed by atoms with E-state index in [1.165, 1.54) is 24.1 Å². The number of morpholine rings is 1. The van der Waals surface area contributed by atoms with E-state index in [1.54, 1.807) is 24.7 Å². The normalized spacial score (nSPS) is 13.5. The van der Waals surface area contributed by atoms with Crippen LogP contribution in [0.15, 0.2) is 47.8 Å². The summed E-state index contributed by atoms with van der Waals surface area (Å²) in [6.45, 7) is 6.79. The molecule has 6 nitrogen and oxygen atoms in total. The van der Waals surface area contributed by atoms with Crippen molar-refractivity contribution in [3.05, 3.63) is 71.2 Å². The molecule has 2 aromatic heterocycles. The van der Waals surface area contributed by atoms with Crippen LogP contribution in [0.4, 0.5) is 15.9 Å². The lowest BCUT2D eigenvalue weighted by Gasteiger charge is -2.28. The first-order valence-electron chi connectivity index (χ1n) is 9.91. The first-order valence-corrected chi connectivity index (χ1v) is 10.7. The molecule has 4 rings (SSSR count). The Labute approximate surface area is 185 Å². The van der Waals surface area contributed by atoms with Gasteiger partial charge in [0.2, 0.25) is 0 Å². The van der Waals surface area contributed by atoms with E-state index in [0.717, 1.165) is 52.0 Å². The molecule has 31 heavy (non-hydrogen) atoms. The molecule has 1 aromatic carbocycles. The summed E-state index contributed by atoms with van der Waals surface area (Å²) in [5, 5.41) is 0. The van der Waals surface area contributed by atoms with Crippen LogP contribution < -0.4 is 9.62 Å². The number of hydrogen-bond acceptors (Lipinski definition) is 7. The molecule has 3 aromatic rings. The van der Waals surface area contributed by atoms with E-state index in [9.17, 15) is 4.39 Å². The van der Waals surface area contributed by atoms with Crippen LogP contribution in [0.1, 0.15) is 22.5 Å². The van der Waals surface area contributed by atoms with E-state index >= 15 is 0 Å². The number of benzene rings is 1. The maximum Gasteiger partial charge on any atom is 0.148 e. The number of ether oxygens (including phenoxy) is 1. The summed E-state index contributed by atoms with van der Waals surface area (Å²) in [5.41, 5.74) is 4.15. The number of anilines is 2. The molecule has 0 saturated carbocycles. The quantitative estimate of drug-likeness (QED) is 0.491. The SMILES string of the molecule is Cc1ncc(C#Cc2c(C)ncnc2N2CCOCC2)cc1NSc1ccc(F)cc1. The van der Waals surface area contributed by atoms with Gasteiger partial charge in [0.25, 0.3) is 0 Å². The molecule has 8 heteroatoms. The smallest absolute Gasteiger partial charge is 0.148 e. The summed E-state index contributed by atoms with van der Waals surface area (Å²) in [4.78, 5) is 16.3. The fourth-order valence-corrected chi connectivity index (χ4v) is 3.78. The maximum atomic E-state index is 13.1. The second-order valence-electron chi connectivity index (χ2n) is 7.02. The van der Waals surface area contributed by atoms with Crippen molar-refractivity contribution >= 4 is 23.5 Å². The van der Waals surface area contributed by atoms with Gasteiger partial charge in [0.15, 0.2) is 0 Å². The van der Waals surface area contributed by atoms with Crippen molar-refractivity contribution in [2.45, 2.75) is 18.7 Å². The number of hydrogen-bond donors (Lipinski definition) is 1. The van der Waals surface area contributed by atoms with Crippen LogP contribution in [0.3, 0.4) is 0 Å². The zero-order chi connectivity index (χ0) is 21.6. The van der Waals surface area contributed by atoms with Gasteiger partial charge in [-0.15, -0.1) is 0 Å². The Morgan fingerprint density at radius 1 is 1.03 bits per heavy atom. The molecule has 0 atom stereocenters. The molecule has 0 amide bonds. The molecule has 1 N–H and O–H groups in total. The first kappa shape index (κ1) is 21.1. The van der Waals surface area contributed by atoms with Crippen LogP contribution in [0, 0.1) is 31.5 Å². The van der Waals surface area contributed by atoms with Crippen molar-refractivity contribution in [2.24, 2.45) is 0 Å². The molecule has 1 fully saturated rings. The van der Waals surface area contributed by atoms with Crippen LogP contribution in [0.2, 0.25) is 0 Å². The highest BCUT2D eigenvalue weighted by Crippen LogP contribution is 2.24. The van der Waals surface area contributed by atoms with Gasteiger partial charge in [0, 0.05) is 29.7 Å². The largest absolute Gasteiger partial charge is 0.378 e. The number of aryl methyl sites for hydroxylation is 2. The predicted octanol–water partition coefficient (Wildman–Crippen LogP) is 3.98. The zero-order valence-electron chi connectivity index (χ0n) is 17.4. The van der Waals surface area contributed by atoms with Gasteiger partial charge in [-0.1, -0.05) is 11.8 Å². The average Bonchev–Trinajstić information content (AvgIpc) is 2.80. The van der Waals surface area contributed by atoms with Crippen LogP contribution in [-0.4, -0.2) is 41.3 Å². The molecule has 0 unspecified atom stereocenters. The highest BCUT2D eigenvalue weighted by Gasteiger charge is 2.17. The van der Waals surface area contributed by atoms with E-state index in [2.05, 4.69) is 36.4 Å². The monoisotopic (exact) mass is 435 g/mol. The lowest BCUT2D eigenvalue weighted by Crippen LogP contribution is -2.37. The van der Waals surface area contributed by atoms with Crippen molar-refractivity contribution in [1.29, 1.82) is 0 Å². The molecule has 0 aliphatic carbocycles. The third-order valence-electron chi connectivity index (χ3n) is 4.84. The number of nitrogens with one attached hydrogen (secondary N) is 1. The Balaban J connectivity index is 1.56. The molecule has 0 radical (unpaired) electrons. The average molecular weight is 436 g/mol. The lowest BCUT2D eigenvalue weighted by atomic mass is 10.1. The molecule has 1 aliphatic rings. The Bertz CT molecular complexity index is 1120. The molecule has 1 saturated heterocycles. The fourth-order valence-electron chi connectivity index (χ4n) is 3.08. The van der Waals surface area contributed by atoms with Crippen LogP contribution in [0.5, 0.6) is 0 Å². The summed E-state index contributed by atoms with van der Waals surface area (Å²) < 4.78 is 21.8. The van der Waals surface area contributed by atoms with Gasteiger partial charge in [-0.05, 0) is 56.1 Å². The number of rotatable bonds is 4. The summed E-state index contributed by atoms with van der Waals surface area (Å²) in [6.07, 6.45) is 3.33. The number of halogens is 1. The first-order chi connectivity index (χ1) is 15.1. The van der Waals surface area contributed by atoms with E-state index in [1.807, 2.05) is 19.9 Å². The van der Waals surface area contributed by atoms with Crippen LogP contribution >= 0.6 is 11.9 Å². The van der Waals surface area contributed by atoms with Gasteiger partial charge in [-0.2, -0.15) is 0 Å². The minimum atomic E-state index is -0.254. The van der Waals surface area contributed by atoms with Crippen LogP contribution in [-0.2, 0) is 4.74 Å². The maximum absolute atomic E-state index is 13.1. The topological polar surface area (TPSA) is 63.2 Å². The Morgan fingerprint density at radius 3 is 2.58 bits per heavy atom. The third kappa shape index (κ3) is 5.32. The second-order valence-corrected chi connectivity index (χ2v) is 7.90. The molecule has 1 aliphatic heterocycles. The van der Waals surface area contributed by atoms with Gasteiger partial charge >= 0.3 is 0 Å². The van der Waals surface area contributed by atoms with Crippen molar-refractivity contribution in [3.8, 4) is 11.8 Å². The molecule has 3 heterocycles. The number of aromatic nitrogens is 3. The van der Waals surface area contributed by atoms with Gasteiger partial charge in [0.05, 0.1) is 35.9 Å². The van der Waals surface area contributed by atoms with Crippen LogP contribution in [0.25, 0.3) is 0 Å². The zero-order valence-corrected chi connectivity index (χ0v) is 18.2. The summed E-state index contributed by atoms with van der Waals surface area (Å²) in [5.74, 6) is 7.04. The van der Waals surface area contributed by atoms with Crippen molar-refractivity contribution in [1.82, 2.24) is 15.0 Å². The van der Waals surface area contributed by atoms with Gasteiger partial charge in [0.1, 0.15) is 18.0 Å². The summed E-state index contributed by atoms with van der Waals surface area (Å²) in [6, 6.07) is 8.29. The molecule has 0 bridgehead atoms. The molecule has 158 valence electrons. The molecular weight excluding hydrogens is 413 g/mol. The van der Waals surface area contributed by atoms with E-state index in [-0.39, 0.29) is 5.82 Å². The van der Waals surface area contributed by atoms with Gasteiger partial charge < -0.3 is 14.4 Å². The van der Waals surface area contributed by atoms with Gasteiger partial charge in [-0.3, -0.25) is 4.98 Å². The predicted molar refractivity (Wildman–Crippen MR) is 121 cm³/mol. The highest BCUT2D eigenvalue weighted by atomic mass is 32.2. The number of pyridine rings is 1. The van der Waals surface area contributed by atoms with Crippen molar-refractivity contribution in [3.63, 3.8) is 0 Å². The van der Waals surface area contributed by atoms with E-state index in [4.69, 9.17) is 4.74 Å². The third-order valence-corrected chi connectivity index (χ3v) is 5.67. The Kier molecular flexibility index (Phi) is 6.65. The Morgan fingerprint density at radius 2 is 1.81 bits per heavy atom.